The van der Waals surface area contributed by atoms with Crippen molar-refractivity contribution in [3.05, 3.63) is 42.0 Å². The van der Waals surface area contributed by atoms with Crippen LogP contribution in [-0.2, 0) is 4.79 Å². The fourth-order valence-electron chi connectivity index (χ4n) is 2.67. The third-order valence-electron chi connectivity index (χ3n) is 4.31. The van der Waals surface area contributed by atoms with Gasteiger partial charge in [-0.2, -0.15) is 0 Å². The second kappa shape index (κ2) is 7.42. The van der Waals surface area contributed by atoms with Gasteiger partial charge in [-0.3, -0.25) is 15.0 Å². The Morgan fingerprint density at radius 1 is 1.09 bits per heavy atom. The largest absolute Gasteiger partial charge is 0.324 e. The molecule has 0 atom stereocenters. The third kappa shape index (κ3) is 4.66. The molecule has 0 spiro atoms. The van der Waals surface area contributed by atoms with Gasteiger partial charge in [0.15, 0.2) is 0 Å². The molecule has 1 aromatic rings. The smallest absolute Gasteiger partial charge is 0.322 e. The summed E-state index contributed by atoms with van der Waals surface area (Å²) in [6.45, 7) is 3.89. The van der Waals surface area contributed by atoms with Crippen molar-refractivity contribution in [2.75, 3.05) is 32.7 Å². The quantitative estimate of drug-likeness (QED) is 0.924. The van der Waals surface area contributed by atoms with Crippen LogP contribution in [0, 0.1) is 5.92 Å². The summed E-state index contributed by atoms with van der Waals surface area (Å²) in [7, 11) is 0. The fraction of sp³-hybridized carbons (Fsp3) is 0.444. The van der Waals surface area contributed by atoms with Crippen molar-refractivity contribution in [2.45, 2.75) is 12.8 Å². The van der Waals surface area contributed by atoms with E-state index in [0.717, 1.165) is 32.5 Å². The van der Waals surface area contributed by atoms with E-state index < -0.39 is 0 Å². The number of rotatable bonds is 4. The average molecular weight is 313 g/mol. The predicted molar refractivity (Wildman–Crippen MR) is 89.8 cm³/mol. The van der Waals surface area contributed by atoms with Gasteiger partial charge < -0.3 is 4.90 Å². The number of imide groups is 1. The molecule has 5 heteroatoms. The minimum atomic E-state index is -0.235. The number of amides is 3. The van der Waals surface area contributed by atoms with Gasteiger partial charge in [0.2, 0.25) is 5.91 Å². The number of carbonyl (C=O) groups is 2. The summed E-state index contributed by atoms with van der Waals surface area (Å²) in [6.07, 6.45) is 6.11. The first-order valence-electron chi connectivity index (χ1n) is 8.26. The zero-order valence-electron chi connectivity index (χ0n) is 13.3. The SMILES string of the molecule is O=C(NC(=O)N1CCN(C/C=C/c2ccccc2)CC1)C1CC1. The molecule has 23 heavy (non-hydrogen) atoms. The fourth-order valence-corrected chi connectivity index (χ4v) is 2.67. The van der Waals surface area contributed by atoms with E-state index in [2.05, 4.69) is 34.5 Å². The summed E-state index contributed by atoms with van der Waals surface area (Å²) in [5.41, 5.74) is 1.20. The highest BCUT2D eigenvalue weighted by atomic mass is 16.2. The van der Waals surface area contributed by atoms with Gasteiger partial charge in [-0.1, -0.05) is 42.5 Å². The van der Waals surface area contributed by atoms with Crippen molar-refractivity contribution >= 4 is 18.0 Å². The number of urea groups is 1. The zero-order chi connectivity index (χ0) is 16.1. The molecule has 1 aromatic carbocycles. The Morgan fingerprint density at radius 3 is 2.43 bits per heavy atom. The second-order valence-corrected chi connectivity index (χ2v) is 6.17. The van der Waals surface area contributed by atoms with Crippen LogP contribution in [0.1, 0.15) is 18.4 Å². The molecule has 0 radical (unpaired) electrons. The van der Waals surface area contributed by atoms with Crippen molar-refractivity contribution in [3.63, 3.8) is 0 Å². The maximum atomic E-state index is 12.0. The normalized spacial score (nSPS) is 19.0. The minimum Gasteiger partial charge on any atom is -0.322 e. The molecule has 0 bridgehead atoms. The number of hydrogen-bond acceptors (Lipinski definition) is 3. The zero-order valence-corrected chi connectivity index (χ0v) is 13.3. The monoisotopic (exact) mass is 313 g/mol. The van der Waals surface area contributed by atoms with E-state index in [4.69, 9.17) is 0 Å². The van der Waals surface area contributed by atoms with Gasteiger partial charge in [-0.15, -0.1) is 0 Å². The minimum absolute atomic E-state index is 0.0726. The van der Waals surface area contributed by atoms with Gasteiger partial charge in [0.05, 0.1) is 0 Å². The lowest BCUT2D eigenvalue weighted by Crippen LogP contribution is -2.52. The summed E-state index contributed by atoms with van der Waals surface area (Å²) in [5.74, 6) is -0.0356. The van der Waals surface area contributed by atoms with Crippen LogP contribution >= 0.6 is 0 Å². The van der Waals surface area contributed by atoms with Crippen LogP contribution in [0.15, 0.2) is 36.4 Å². The summed E-state index contributed by atoms with van der Waals surface area (Å²) < 4.78 is 0. The van der Waals surface area contributed by atoms with E-state index >= 15 is 0 Å². The maximum absolute atomic E-state index is 12.0. The molecule has 0 unspecified atom stereocenters. The number of nitrogens with zero attached hydrogens (tertiary/aromatic N) is 2. The van der Waals surface area contributed by atoms with Gasteiger partial charge in [-0.25, -0.2) is 4.79 Å². The molecule has 0 aromatic heterocycles. The summed E-state index contributed by atoms with van der Waals surface area (Å²) in [5, 5.41) is 2.51. The van der Waals surface area contributed by atoms with E-state index in [1.165, 1.54) is 5.56 Å². The summed E-state index contributed by atoms with van der Waals surface area (Å²) in [6, 6.07) is 9.99. The Bertz CT molecular complexity index is 573. The molecule has 3 amide bonds. The van der Waals surface area contributed by atoms with Crippen LogP contribution in [-0.4, -0.2) is 54.5 Å². The molecule has 1 heterocycles. The molecule has 1 saturated carbocycles. The maximum Gasteiger partial charge on any atom is 0.324 e. The Kier molecular flexibility index (Phi) is 5.08. The van der Waals surface area contributed by atoms with E-state index in [1.54, 1.807) is 4.90 Å². The van der Waals surface area contributed by atoms with Gasteiger partial charge in [-0.05, 0) is 18.4 Å². The van der Waals surface area contributed by atoms with Crippen LogP contribution in [0.3, 0.4) is 0 Å². The molecule has 3 rings (SSSR count). The molecule has 2 aliphatic rings. The first-order chi connectivity index (χ1) is 11.2. The molecule has 1 aliphatic carbocycles. The van der Waals surface area contributed by atoms with Gasteiger partial charge in [0.1, 0.15) is 0 Å². The number of hydrogen-bond donors (Lipinski definition) is 1. The highest BCUT2D eigenvalue weighted by Crippen LogP contribution is 2.28. The molecular weight excluding hydrogens is 290 g/mol. The number of nitrogens with one attached hydrogen (secondary N) is 1. The standard InChI is InChI=1S/C18H23N3O2/c22-17(16-8-9-16)19-18(23)21-13-11-20(12-14-21)10-4-7-15-5-2-1-3-6-15/h1-7,16H,8-14H2,(H,19,22,23)/b7-4+. The van der Waals surface area contributed by atoms with Crippen molar-refractivity contribution in [2.24, 2.45) is 5.92 Å². The van der Waals surface area contributed by atoms with Crippen LogP contribution < -0.4 is 5.32 Å². The summed E-state index contributed by atoms with van der Waals surface area (Å²) >= 11 is 0. The highest BCUT2D eigenvalue weighted by molar-refractivity contribution is 5.96. The van der Waals surface area contributed by atoms with E-state index in [1.807, 2.05) is 18.2 Å². The summed E-state index contributed by atoms with van der Waals surface area (Å²) in [4.78, 5) is 27.7. The third-order valence-corrected chi connectivity index (χ3v) is 4.31. The lowest BCUT2D eigenvalue weighted by molar-refractivity contribution is -0.121. The molecular formula is C18H23N3O2. The number of carbonyl (C=O) groups excluding carboxylic acids is 2. The Morgan fingerprint density at radius 2 is 1.78 bits per heavy atom. The van der Waals surface area contributed by atoms with Gasteiger partial charge in [0, 0.05) is 38.6 Å². The number of piperazine rings is 1. The molecule has 1 aliphatic heterocycles. The highest BCUT2D eigenvalue weighted by Gasteiger charge is 2.32. The van der Waals surface area contributed by atoms with Crippen LogP contribution in [0.2, 0.25) is 0 Å². The van der Waals surface area contributed by atoms with Crippen LogP contribution in [0.5, 0.6) is 0 Å². The first-order valence-corrected chi connectivity index (χ1v) is 8.26. The van der Waals surface area contributed by atoms with E-state index in [-0.39, 0.29) is 17.9 Å². The molecule has 122 valence electrons. The molecule has 5 nitrogen and oxygen atoms in total. The second-order valence-electron chi connectivity index (χ2n) is 6.17. The Hall–Kier alpha value is -2.14. The van der Waals surface area contributed by atoms with E-state index in [0.29, 0.717) is 13.1 Å². The Balaban J connectivity index is 1.39. The van der Waals surface area contributed by atoms with Gasteiger partial charge >= 0.3 is 6.03 Å². The first kappa shape index (κ1) is 15.7. The van der Waals surface area contributed by atoms with Crippen molar-refractivity contribution < 1.29 is 9.59 Å². The Labute approximate surface area is 137 Å². The molecule has 2 fully saturated rings. The van der Waals surface area contributed by atoms with Crippen molar-refractivity contribution in [3.8, 4) is 0 Å². The molecule has 1 N–H and O–H groups in total. The van der Waals surface area contributed by atoms with Crippen molar-refractivity contribution in [1.82, 2.24) is 15.1 Å². The topological polar surface area (TPSA) is 52.7 Å². The van der Waals surface area contributed by atoms with Gasteiger partial charge in [0.25, 0.3) is 0 Å². The van der Waals surface area contributed by atoms with Crippen molar-refractivity contribution in [1.29, 1.82) is 0 Å². The number of benzene rings is 1. The molecule has 1 saturated heterocycles. The predicted octanol–water partition coefficient (Wildman–Crippen LogP) is 1.96. The van der Waals surface area contributed by atoms with E-state index in [9.17, 15) is 9.59 Å². The lowest BCUT2D eigenvalue weighted by Gasteiger charge is -2.33. The van der Waals surface area contributed by atoms with Crippen LogP contribution in [0.4, 0.5) is 4.79 Å². The van der Waals surface area contributed by atoms with Crippen LogP contribution in [0.25, 0.3) is 6.08 Å². The lowest BCUT2D eigenvalue weighted by atomic mass is 10.2. The average Bonchev–Trinajstić information content (AvgIpc) is 3.41.